The van der Waals surface area contributed by atoms with Crippen molar-refractivity contribution >= 4 is 17.7 Å². The van der Waals surface area contributed by atoms with Gasteiger partial charge in [0.05, 0.1) is 13.0 Å². The highest BCUT2D eigenvalue weighted by molar-refractivity contribution is 7.99. The van der Waals surface area contributed by atoms with Crippen molar-refractivity contribution in [2.24, 2.45) is 5.92 Å². The first-order valence-electron chi connectivity index (χ1n) is 10.1. The molecule has 0 N–H and O–H groups in total. The minimum absolute atomic E-state index is 0.226. The topological polar surface area (TPSA) is 48.4 Å². The largest absolute Gasteiger partial charge is 0.488 e. The maximum Gasteiger partial charge on any atom is 0.306 e. The van der Waals surface area contributed by atoms with Crippen LogP contribution in [0.15, 0.2) is 35.4 Å². The van der Waals surface area contributed by atoms with Crippen molar-refractivity contribution in [1.29, 1.82) is 0 Å². The summed E-state index contributed by atoms with van der Waals surface area (Å²) < 4.78 is 24.8. The lowest BCUT2D eigenvalue weighted by atomic mass is 10.0. The van der Waals surface area contributed by atoms with Gasteiger partial charge in [-0.1, -0.05) is 51.3 Å². The molecule has 0 saturated heterocycles. The fourth-order valence-corrected chi connectivity index (χ4v) is 3.49. The molecule has 1 aromatic carbocycles. The van der Waals surface area contributed by atoms with E-state index in [1.54, 1.807) is 12.1 Å². The van der Waals surface area contributed by atoms with Gasteiger partial charge in [-0.25, -0.2) is 4.98 Å². The first kappa shape index (κ1) is 23.0. The van der Waals surface area contributed by atoms with E-state index in [-0.39, 0.29) is 19.0 Å². The highest BCUT2D eigenvalue weighted by Gasteiger charge is 2.11. The van der Waals surface area contributed by atoms with Gasteiger partial charge < -0.3 is 9.47 Å². The molecule has 1 unspecified atom stereocenters. The van der Waals surface area contributed by atoms with Crippen molar-refractivity contribution in [2.75, 3.05) is 12.4 Å². The first-order valence-corrected chi connectivity index (χ1v) is 11.0. The molecular weight excluding hydrogens is 389 g/mol. The minimum atomic E-state index is -0.613. The van der Waals surface area contributed by atoms with Crippen LogP contribution in [0, 0.1) is 24.0 Å². The van der Waals surface area contributed by atoms with Gasteiger partial charge in [-0.2, -0.15) is 4.39 Å². The van der Waals surface area contributed by atoms with E-state index in [2.05, 4.69) is 31.0 Å². The number of aromatic nitrogens is 1. The van der Waals surface area contributed by atoms with E-state index in [1.807, 2.05) is 12.1 Å². The average molecular weight is 418 g/mol. The van der Waals surface area contributed by atoms with E-state index in [9.17, 15) is 9.18 Å². The van der Waals surface area contributed by atoms with Crippen LogP contribution >= 0.6 is 11.8 Å². The number of rotatable bonds is 13. The molecule has 0 bridgehead atoms. The predicted octanol–water partition coefficient (Wildman–Crippen LogP) is 5.64. The van der Waals surface area contributed by atoms with Crippen LogP contribution in [0.4, 0.5) is 4.39 Å². The lowest BCUT2D eigenvalue weighted by Gasteiger charge is -2.14. The Bertz CT molecular complexity index is 742. The van der Waals surface area contributed by atoms with Gasteiger partial charge in [0.15, 0.2) is 0 Å². The Labute approximate surface area is 177 Å². The highest BCUT2D eigenvalue weighted by Crippen LogP contribution is 2.23. The quantitative estimate of drug-likeness (QED) is 0.240. The normalized spacial score (nSPS) is 11.6. The fourth-order valence-electron chi connectivity index (χ4n) is 2.66. The van der Waals surface area contributed by atoms with Crippen LogP contribution in [0.3, 0.4) is 0 Å². The zero-order valence-corrected chi connectivity index (χ0v) is 17.9. The number of ether oxygens (including phenoxy) is 2. The second-order valence-corrected chi connectivity index (χ2v) is 7.89. The number of unbranched alkanes of at least 4 members (excludes halogenated alkanes) is 1. The van der Waals surface area contributed by atoms with E-state index in [4.69, 9.17) is 9.47 Å². The Morgan fingerprint density at radius 1 is 1.34 bits per heavy atom. The van der Waals surface area contributed by atoms with E-state index in [0.717, 1.165) is 31.2 Å². The molecule has 29 heavy (non-hydrogen) atoms. The molecule has 0 saturated carbocycles. The summed E-state index contributed by atoms with van der Waals surface area (Å²) in [6.07, 6.45) is 4.66. The Balaban J connectivity index is 1.75. The van der Waals surface area contributed by atoms with Crippen LogP contribution in [0.2, 0.25) is 0 Å². The molecule has 2 aromatic rings. The lowest BCUT2D eigenvalue weighted by molar-refractivity contribution is -0.144. The summed E-state index contributed by atoms with van der Waals surface area (Å²) in [6, 6.07) is 14.2. The summed E-state index contributed by atoms with van der Waals surface area (Å²) in [5.41, 5.74) is 0.825. The van der Waals surface area contributed by atoms with Gasteiger partial charge in [0, 0.05) is 23.4 Å². The summed E-state index contributed by atoms with van der Waals surface area (Å²) in [4.78, 5) is 15.8. The van der Waals surface area contributed by atoms with Crippen molar-refractivity contribution in [1.82, 2.24) is 4.98 Å². The highest BCUT2D eigenvalue weighted by atomic mass is 32.2. The van der Waals surface area contributed by atoms with Crippen molar-refractivity contribution in [3.05, 3.63) is 54.0 Å². The molecule has 1 atom stereocenters. The van der Waals surface area contributed by atoms with E-state index >= 15 is 0 Å². The number of esters is 1. The standard InChI is InChI=1S/C23H28FNO3S/c1-3-5-9-18(4-2)16-28-23(26)12-13-29-22-15-20(14-21(24)25-22)27-17-19-10-7-6-8-11-19/h6-7,10,14-15,18H,3-5,9,12-13,16-17H2,1-2H3. The van der Waals surface area contributed by atoms with Crippen LogP contribution in [-0.4, -0.2) is 23.3 Å². The van der Waals surface area contributed by atoms with Crippen molar-refractivity contribution < 1.29 is 18.7 Å². The summed E-state index contributed by atoms with van der Waals surface area (Å²) >= 11 is 1.31. The molecule has 6 heteroatoms. The van der Waals surface area contributed by atoms with E-state index in [1.165, 1.54) is 17.8 Å². The second kappa shape index (κ2) is 13.1. The fraction of sp³-hybridized carbons (Fsp3) is 0.478. The van der Waals surface area contributed by atoms with Crippen LogP contribution in [0.5, 0.6) is 5.75 Å². The molecule has 156 valence electrons. The summed E-state index contributed by atoms with van der Waals surface area (Å²) in [6.45, 7) is 5.02. The van der Waals surface area contributed by atoms with Gasteiger partial charge in [0.1, 0.15) is 17.4 Å². The van der Waals surface area contributed by atoms with Crippen molar-refractivity contribution in [2.45, 2.75) is 57.6 Å². The van der Waals surface area contributed by atoms with Gasteiger partial charge >= 0.3 is 5.97 Å². The number of halogens is 1. The van der Waals surface area contributed by atoms with Gasteiger partial charge in [0.2, 0.25) is 5.95 Å². The molecule has 0 aliphatic heterocycles. The second-order valence-electron chi connectivity index (χ2n) is 6.77. The van der Waals surface area contributed by atoms with Crippen LogP contribution < -0.4 is 4.74 Å². The molecule has 0 fully saturated rings. The van der Waals surface area contributed by atoms with Crippen LogP contribution in [0.25, 0.3) is 0 Å². The molecular formula is C23H28FNO3S. The Hall–Kier alpha value is -2.26. The third-order valence-corrected chi connectivity index (χ3v) is 5.34. The average Bonchev–Trinajstić information content (AvgIpc) is 2.73. The monoisotopic (exact) mass is 417 g/mol. The number of pyridine rings is 1. The number of carbonyl (C=O) groups is 1. The molecule has 0 radical (unpaired) electrons. The summed E-state index contributed by atoms with van der Waals surface area (Å²) in [5, 5.41) is 0.478. The predicted molar refractivity (Wildman–Crippen MR) is 112 cm³/mol. The zero-order chi connectivity index (χ0) is 20.9. The van der Waals surface area contributed by atoms with Crippen molar-refractivity contribution in [3.8, 4) is 5.75 Å². The Kier molecular flexibility index (Phi) is 10.4. The summed E-state index contributed by atoms with van der Waals surface area (Å²) in [7, 11) is 0. The first-order chi connectivity index (χ1) is 14.1. The summed E-state index contributed by atoms with van der Waals surface area (Å²) in [5.74, 6) is 0.452. The molecule has 1 aromatic heterocycles. The van der Waals surface area contributed by atoms with E-state index < -0.39 is 5.95 Å². The molecule has 0 spiro atoms. The molecule has 4 nitrogen and oxygen atoms in total. The van der Waals surface area contributed by atoms with Gasteiger partial charge in [-0.3, -0.25) is 4.79 Å². The molecule has 0 aliphatic carbocycles. The van der Waals surface area contributed by atoms with Gasteiger partial charge in [-0.05, 0) is 24.5 Å². The van der Waals surface area contributed by atoms with Gasteiger partial charge in [0.25, 0.3) is 0 Å². The third kappa shape index (κ3) is 9.19. The Morgan fingerprint density at radius 2 is 2.21 bits per heavy atom. The lowest BCUT2D eigenvalue weighted by Crippen LogP contribution is -2.14. The SMILES string of the molecule is CCCCC(CC)COC(=O)CCSc1cc(OCc2c#cccc2)cc(F)n1. The zero-order valence-electron chi connectivity index (χ0n) is 17.1. The number of hydrogen-bond acceptors (Lipinski definition) is 5. The van der Waals surface area contributed by atoms with Gasteiger partial charge in [-0.15, -0.1) is 11.8 Å². The smallest absolute Gasteiger partial charge is 0.306 e. The number of carbonyl (C=O) groups excluding carboxylic acids is 1. The molecule has 2 rings (SSSR count). The van der Waals surface area contributed by atoms with Crippen LogP contribution in [0.1, 0.15) is 51.5 Å². The molecule has 1 heterocycles. The van der Waals surface area contributed by atoms with Crippen LogP contribution in [-0.2, 0) is 16.1 Å². The molecule has 0 aliphatic rings. The Morgan fingerprint density at radius 3 is 2.93 bits per heavy atom. The maximum absolute atomic E-state index is 13.8. The third-order valence-electron chi connectivity index (χ3n) is 4.43. The molecule has 0 amide bonds. The van der Waals surface area contributed by atoms with Crippen molar-refractivity contribution in [3.63, 3.8) is 0 Å². The minimum Gasteiger partial charge on any atom is -0.488 e. The number of nitrogens with zero attached hydrogens (tertiary/aromatic N) is 1. The number of hydrogen-bond donors (Lipinski definition) is 0. The number of thioether (sulfide) groups is 1. The van der Waals surface area contributed by atoms with E-state index in [0.29, 0.717) is 29.1 Å². The maximum atomic E-state index is 13.8.